The Kier molecular flexibility index (Phi) is 6.83. The highest BCUT2D eigenvalue weighted by molar-refractivity contribution is 6.33. The van der Waals surface area contributed by atoms with E-state index >= 15 is 0 Å². The van der Waals surface area contributed by atoms with Crippen molar-refractivity contribution in [2.75, 3.05) is 13.2 Å². The zero-order valence-electron chi connectivity index (χ0n) is 9.58. The summed E-state index contributed by atoms with van der Waals surface area (Å²) >= 11 is 0. The van der Waals surface area contributed by atoms with Gasteiger partial charge in [0.2, 0.25) is 5.78 Å². The molecule has 0 aromatic rings. The van der Waals surface area contributed by atoms with Crippen molar-refractivity contribution < 1.29 is 23.9 Å². The van der Waals surface area contributed by atoms with Gasteiger partial charge in [0.1, 0.15) is 13.2 Å². The van der Waals surface area contributed by atoms with Gasteiger partial charge < -0.3 is 9.47 Å². The Bertz CT molecular complexity index is 293. The van der Waals surface area contributed by atoms with E-state index in [1.165, 1.54) is 6.92 Å². The highest BCUT2D eigenvalue weighted by atomic mass is 16.6. The summed E-state index contributed by atoms with van der Waals surface area (Å²) in [5.74, 6) is -1.99. The second kappa shape index (κ2) is 7.62. The average molecular weight is 228 g/mol. The fraction of sp³-hybridized carbons (Fsp3) is 0.545. The van der Waals surface area contributed by atoms with E-state index in [9.17, 15) is 14.4 Å². The van der Waals surface area contributed by atoms with Crippen molar-refractivity contribution in [3.63, 3.8) is 0 Å². The highest BCUT2D eigenvalue weighted by Gasteiger charge is 2.13. The molecule has 0 aliphatic heterocycles. The van der Waals surface area contributed by atoms with E-state index in [2.05, 4.69) is 16.1 Å². The van der Waals surface area contributed by atoms with Crippen LogP contribution in [0.4, 0.5) is 0 Å². The standard InChI is InChI=1S/C11H16O5/c1-4-5-9(12)11(14)16-7-6-15-10(13)8(2)3/h2,4-7H2,1,3H3. The van der Waals surface area contributed by atoms with Crippen LogP contribution in [0, 0.1) is 0 Å². The number of ether oxygens (including phenoxy) is 2. The number of esters is 2. The van der Waals surface area contributed by atoms with Gasteiger partial charge in [0.15, 0.2) is 0 Å². The summed E-state index contributed by atoms with van der Waals surface area (Å²) in [6.07, 6.45) is 0.767. The van der Waals surface area contributed by atoms with Gasteiger partial charge in [0.05, 0.1) is 0 Å². The van der Waals surface area contributed by atoms with Gasteiger partial charge in [-0.2, -0.15) is 0 Å². The number of carbonyl (C=O) groups excluding carboxylic acids is 3. The number of hydrogen-bond donors (Lipinski definition) is 0. The number of Topliss-reactive ketones (excluding diaryl/α,β-unsaturated/α-hetero) is 1. The molecule has 0 rings (SSSR count). The molecule has 0 fully saturated rings. The molecular formula is C11H16O5. The lowest BCUT2D eigenvalue weighted by Crippen LogP contribution is -2.20. The molecule has 0 saturated carbocycles. The average Bonchev–Trinajstić information content (AvgIpc) is 2.23. The molecule has 0 bridgehead atoms. The summed E-state index contributed by atoms with van der Waals surface area (Å²) in [6, 6.07) is 0. The minimum atomic E-state index is -0.881. The fourth-order valence-corrected chi connectivity index (χ4v) is 0.802. The van der Waals surface area contributed by atoms with E-state index in [1.54, 1.807) is 6.92 Å². The summed E-state index contributed by atoms with van der Waals surface area (Å²) in [5.41, 5.74) is 0.272. The van der Waals surface area contributed by atoms with Crippen LogP contribution in [-0.2, 0) is 23.9 Å². The maximum Gasteiger partial charge on any atom is 0.374 e. The first-order chi connectivity index (χ1) is 7.49. The van der Waals surface area contributed by atoms with Gasteiger partial charge in [0.25, 0.3) is 0 Å². The molecule has 0 amide bonds. The molecule has 0 aliphatic carbocycles. The normalized spacial score (nSPS) is 9.38. The van der Waals surface area contributed by atoms with Crippen LogP contribution in [0.25, 0.3) is 0 Å². The van der Waals surface area contributed by atoms with Crippen LogP contribution in [0.1, 0.15) is 26.7 Å². The van der Waals surface area contributed by atoms with Crippen molar-refractivity contribution in [2.24, 2.45) is 0 Å². The summed E-state index contributed by atoms with van der Waals surface area (Å²) in [7, 11) is 0. The third-order valence-corrected chi connectivity index (χ3v) is 1.60. The predicted octanol–water partition coefficient (Wildman–Crippen LogP) is 1.02. The number of rotatable bonds is 7. The van der Waals surface area contributed by atoms with Crippen LogP contribution in [0.5, 0.6) is 0 Å². The quantitative estimate of drug-likeness (QED) is 0.281. The number of hydrogen-bond acceptors (Lipinski definition) is 5. The second-order valence-corrected chi connectivity index (χ2v) is 3.23. The van der Waals surface area contributed by atoms with Crippen LogP contribution >= 0.6 is 0 Å². The van der Waals surface area contributed by atoms with Crippen molar-refractivity contribution in [3.05, 3.63) is 12.2 Å². The first-order valence-electron chi connectivity index (χ1n) is 5.01. The number of ketones is 1. The summed E-state index contributed by atoms with van der Waals surface area (Å²) in [6.45, 7) is 6.50. The molecule has 0 atom stereocenters. The van der Waals surface area contributed by atoms with Crippen LogP contribution in [0.15, 0.2) is 12.2 Å². The third kappa shape index (κ3) is 5.95. The first-order valence-corrected chi connectivity index (χ1v) is 5.01. The van der Waals surface area contributed by atoms with Gasteiger partial charge in [-0.15, -0.1) is 0 Å². The minimum Gasteiger partial charge on any atom is -0.459 e. The molecule has 0 aromatic heterocycles. The summed E-state index contributed by atoms with van der Waals surface area (Å²) in [5, 5.41) is 0. The molecule has 0 unspecified atom stereocenters. The summed E-state index contributed by atoms with van der Waals surface area (Å²) in [4.78, 5) is 32.9. The van der Waals surface area contributed by atoms with Gasteiger partial charge in [-0.05, 0) is 13.3 Å². The lowest BCUT2D eigenvalue weighted by Gasteiger charge is -2.05. The largest absolute Gasteiger partial charge is 0.459 e. The molecule has 0 aromatic carbocycles. The topological polar surface area (TPSA) is 69.7 Å². The van der Waals surface area contributed by atoms with Crippen molar-refractivity contribution in [1.29, 1.82) is 0 Å². The van der Waals surface area contributed by atoms with E-state index in [4.69, 9.17) is 0 Å². The maximum absolute atomic E-state index is 11.0. The van der Waals surface area contributed by atoms with Gasteiger partial charge in [-0.3, -0.25) is 4.79 Å². The lowest BCUT2D eigenvalue weighted by molar-refractivity contribution is -0.156. The molecule has 5 nitrogen and oxygen atoms in total. The second-order valence-electron chi connectivity index (χ2n) is 3.23. The van der Waals surface area contributed by atoms with Crippen LogP contribution in [-0.4, -0.2) is 30.9 Å². The molecule has 5 heteroatoms. The Balaban J connectivity index is 3.67. The molecule has 0 heterocycles. The van der Waals surface area contributed by atoms with Crippen LogP contribution < -0.4 is 0 Å². The van der Waals surface area contributed by atoms with Crippen LogP contribution in [0.2, 0.25) is 0 Å². The number of carbonyl (C=O) groups is 3. The van der Waals surface area contributed by atoms with Gasteiger partial charge in [-0.1, -0.05) is 13.5 Å². The Labute approximate surface area is 94.4 Å². The van der Waals surface area contributed by atoms with Gasteiger partial charge in [0, 0.05) is 12.0 Å². The van der Waals surface area contributed by atoms with E-state index in [-0.39, 0.29) is 25.2 Å². The molecule has 0 spiro atoms. The molecule has 0 aliphatic rings. The fourth-order valence-electron chi connectivity index (χ4n) is 0.802. The van der Waals surface area contributed by atoms with E-state index in [0.29, 0.717) is 6.42 Å². The zero-order valence-corrected chi connectivity index (χ0v) is 9.58. The van der Waals surface area contributed by atoms with Gasteiger partial charge in [-0.25, -0.2) is 9.59 Å². The Hall–Kier alpha value is -1.65. The smallest absolute Gasteiger partial charge is 0.374 e. The Morgan fingerprint density at radius 1 is 1.06 bits per heavy atom. The predicted molar refractivity (Wildman–Crippen MR) is 56.6 cm³/mol. The Morgan fingerprint density at radius 2 is 1.56 bits per heavy atom. The summed E-state index contributed by atoms with van der Waals surface area (Å²) < 4.78 is 9.26. The van der Waals surface area contributed by atoms with Crippen molar-refractivity contribution in [1.82, 2.24) is 0 Å². The van der Waals surface area contributed by atoms with Crippen LogP contribution in [0.3, 0.4) is 0 Å². The zero-order chi connectivity index (χ0) is 12.6. The third-order valence-electron chi connectivity index (χ3n) is 1.60. The SMILES string of the molecule is C=C(C)C(=O)OCCOC(=O)C(=O)CCC. The van der Waals surface area contributed by atoms with Crippen molar-refractivity contribution in [3.8, 4) is 0 Å². The maximum atomic E-state index is 11.0. The van der Waals surface area contributed by atoms with E-state index in [0.717, 1.165) is 0 Å². The monoisotopic (exact) mass is 228 g/mol. The van der Waals surface area contributed by atoms with E-state index < -0.39 is 17.7 Å². The van der Waals surface area contributed by atoms with Gasteiger partial charge >= 0.3 is 11.9 Å². The molecule has 0 N–H and O–H groups in total. The lowest BCUT2D eigenvalue weighted by atomic mass is 10.2. The molecule has 90 valence electrons. The molecule has 0 saturated heterocycles. The molecular weight excluding hydrogens is 212 g/mol. The van der Waals surface area contributed by atoms with E-state index in [1.807, 2.05) is 0 Å². The van der Waals surface area contributed by atoms with Crippen molar-refractivity contribution >= 4 is 17.7 Å². The highest BCUT2D eigenvalue weighted by Crippen LogP contribution is 1.94. The minimum absolute atomic E-state index is 0.0726. The first kappa shape index (κ1) is 14.3. The molecule has 16 heavy (non-hydrogen) atoms. The Morgan fingerprint density at radius 3 is 2.00 bits per heavy atom. The molecule has 0 radical (unpaired) electrons. The van der Waals surface area contributed by atoms with Crippen molar-refractivity contribution in [2.45, 2.75) is 26.7 Å².